The smallest absolute Gasteiger partial charge is 0.196 e. The first-order chi connectivity index (χ1) is 16.2. The van der Waals surface area contributed by atoms with Gasteiger partial charge in [0.15, 0.2) is 5.78 Å². The van der Waals surface area contributed by atoms with Crippen LogP contribution in [0.15, 0.2) is 84.6 Å². The average molecular weight is 443 g/mol. The summed E-state index contributed by atoms with van der Waals surface area (Å²) >= 11 is 0. The van der Waals surface area contributed by atoms with E-state index < -0.39 is 0 Å². The predicted octanol–water partition coefficient (Wildman–Crippen LogP) is 7.15. The number of carbonyl (C=O) groups is 1. The number of carbonyl (C=O) groups excluding carboxylic acids is 1. The summed E-state index contributed by atoms with van der Waals surface area (Å²) in [6.07, 6.45) is 5.07. The molecule has 4 rings (SSSR count). The Labute approximate surface area is 195 Å². The second kappa shape index (κ2) is 10.9. The Kier molecular flexibility index (Phi) is 7.46. The summed E-state index contributed by atoms with van der Waals surface area (Å²) in [7, 11) is 0. The van der Waals surface area contributed by atoms with Crippen LogP contribution < -0.4 is 9.47 Å². The maximum atomic E-state index is 13.0. The van der Waals surface area contributed by atoms with Gasteiger partial charge in [0, 0.05) is 11.6 Å². The van der Waals surface area contributed by atoms with E-state index in [1.54, 1.807) is 0 Å². The number of aliphatic hydroxyl groups excluding tert-OH is 1. The molecule has 0 radical (unpaired) electrons. The molecular formula is C29H30O4. The number of allylic oxidation sites excluding steroid dienone is 1. The standard InChI is InChI=1S/C29H30O4/c1-2-3-14-26(22-12-8-5-9-13-22)33-25-17-23-15-16-24(19-30)29(31)28(23)27(18-25)32-20-21-10-6-4-7-11-21/h4-13,17-19,26,30H,2-3,14-16,20H2,1H3/b24-19+. The van der Waals surface area contributed by atoms with Gasteiger partial charge < -0.3 is 14.6 Å². The molecule has 4 nitrogen and oxygen atoms in total. The van der Waals surface area contributed by atoms with Gasteiger partial charge in [-0.15, -0.1) is 0 Å². The van der Waals surface area contributed by atoms with E-state index in [1.165, 1.54) is 0 Å². The molecular weight excluding hydrogens is 412 g/mol. The molecule has 0 bridgehead atoms. The first-order valence-electron chi connectivity index (χ1n) is 11.6. The molecule has 1 aliphatic carbocycles. The minimum atomic E-state index is -0.182. The van der Waals surface area contributed by atoms with Crippen molar-refractivity contribution in [1.82, 2.24) is 0 Å². The van der Waals surface area contributed by atoms with Crippen LogP contribution in [0, 0.1) is 0 Å². The fourth-order valence-corrected chi connectivity index (χ4v) is 4.20. The zero-order chi connectivity index (χ0) is 23.0. The van der Waals surface area contributed by atoms with Gasteiger partial charge >= 0.3 is 0 Å². The summed E-state index contributed by atoms with van der Waals surface area (Å²) in [5, 5.41) is 9.52. The van der Waals surface area contributed by atoms with Gasteiger partial charge in [-0.1, -0.05) is 74.0 Å². The molecule has 1 atom stereocenters. The number of aryl methyl sites for hydroxylation is 1. The normalized spacial score (nSPS) is 15.2. The Balaban J connectivity index is 1.67. The zero-order valence-electron chi connectivity index (χ0n) is 19.0. The highest BCUT2D eigenvalue weighted by molar-refractivity contribution is 6.12. The molecule has 0 aliphatic heterocycles. The summed E-state index contributed by atoms with van der Waals surface area (Å²) in [6, 6.07) is 23.9. The van der Waals surface area contributed by atoms with Crippen molar-refractivity contribution >= 4 is 5.78 Å². The van der Waals surface area contributed by atoms with E-state index in [1.807, 2.05) is 60.7 Å². The van der Waals surface area contributed by atoms with Crippen LogP contribution in [0.25, 0.3) is 0 Å². The van der Waals surface area contributed by atoms with Gasteiger partial charge in [-0.25, -0.2) is 0 Å². The number of aliphatic hydroxyl groups is 1. The highest BCUT2D eigenvalue weighted by atomic mass is 16.5. The fraction of sp³-hybridized carbons (Fsp3) is 0.276. The molecule has 0 spiro atoms. The Bertz CT molecular complexity index is 1100. The third-order valence-electron chi connectivity index (χ3n) is 6.00. The van der Waals surface area contributed by atoms with Crippen LogP contribution in [0.3, 0.4) is 0 Å². The summed E-state index contributed by atoms with van der Waals surface area (Å²) < 4.78 is 12.6. The van der Waals surface area contributed by atoms with Crippen molar-refractivity contribution in [1.29, 1.82) is 0 Å². The molecule has 1 N–H and O–H groups in total. The quantitative estimate of drug-likeness (QED) is 0.282. The number of benzene rings is 3. The predicted molar refractivity (Wildman–Crippen MR) is 130 cm³/mol. The summed E-state index contributed by atoms with van der Waals surface area (Å²) in [5.41, 5.74) is 3.98. The Morgan fingerprint density at radius 3 is 2.42 bits per heavy atom. The lowest BCUT2D eigenvalue weighted by Crippen LogP contribution is -2.17. The van der Waals surface area contributed by atoms with Crippen molar-refractivity contribution in [3.63, 3.8) is 0 Å². The van der Waals surface area contributed by atoms with Crippen molar-refractivity contribution in [2.24, 2.45) is 0 Å². The molecule has 0 heterocycles. The first-order valence-corrected chi connectivity index (χ1v) is 11.6. The van der Waals surface area contributed by atoms with Crippen LogP contribution in [0.5, 0.6) is 11.5 Å². The SMILES string of the molecule is CCCCC(Oc1cc2c(c(OCc3ccccc3)c1)C(=O)/C(=C/O)CC2)c1ccccc1. The van der Waals surface area contributed by atoms with Crippen LogP contribution >= 0.6 is 0 Å². The van der Waals surface area contributed by atoms with Crippen LogP contribution in [0.2, 0.25) is 0 Å². The summed E-state index contributed by atoms with van der Waals surface area (Å²) in [4.78, 5) is 13.0. The zero-order valence-corrected chi connectivity index (χ0v) is 19.0. The second-order valence-corrected chi connectivity index (χ2v) is 8.37. The largest absolute Gasteiger partial charge is 0.515 e. The maximum Gasteiger partial charge on any atom is 0.196 e. The van der Waals surface area contributed by atoms with E-state index >= 15 is 0 Å². The molecule has 1 aliphatic rings. The Morgan fingerprint density at radius 2 is 1.73 bits per heavy atom. The van der Waals surface area contributed by atoms with E-state index in [9.17, 15) is 9.90 Å². The van der Waals surface area contributed by atoms with Crippen molar-refractivity contribution < 1.29 is 19.4 Å². The van der Waals surface area contributed by atoms with E-state index in [-0.39, 0.29) is 11.9 Å². The molecule has 1 unspecified atom stereocenters. The molecule has 33 heavy (non-hydrogen) atoms. The lowest BCUT2D eigenvalue weighted by atomic mass is 9.86. The highest BCUT2D eigenvalue weighted by Crippen LogP contribution is 2.38. The molecule has 170 valence electrons. The van der Waals surface area contributed by atoms with Crippen molar-refractivity contribution in [3.8, 4) is 11.5 Å². The molecule has 3 aromatic carbocycles. The highest BCUT2D eigenvalue weighted by Gasteiger charge is 2.28. The number of hydrogen-bond acceptors (Lipinski definition) is 4. The van der Waals surface area contributed by atoms with Crippen LogP contribution in [0.1, 0.15) is 65.8 Å². The molecule has 0 amide bonds. The van der Waals surface area contributed by atoms with Gasteiger partial charge in [-0.05, 0) is 48.4 Å². The fourth-order valence-electron chi connectivity index (χ4n) is 4.20. The number of hydrogen-bond donors (Lipinski definition) is 1. The molecule has 0 saturated heterocycles. The lowest BCUT2D eigenvalue weighted by Gasteiger charge is -2.24. The van der Waals surface area contributed by atoms with Gasteiger partial charge in [-0.2, -0.15) is 0 Å². The topological polar surface area (TPSA) is 55.8 Å². The number of ether oxygens (including phenoxy) is 2. The Morgan fingerprint density at radius 1 is 1.00 bits per heavy atom. The van der Waals surface area contributed by atoms with Gasteiger partial charge in [-0.3, -0.25) is 4.79 Å². The molecule has 0 fully saturated rings. The molecule has 0 aromatic heterocycles. The molecule has 3 aromatic rings. The minimum Gasteiger partial charge on any atom is -0.515 e. The Hall–Kier alpha value is -3.53. The van der Waals surface area contributed by atoms with Crippen molar-refractivity contribution in [2.75, 3.05) is 0 Å². The van der Waals surface area contributed by atoms with Crippen molar-refractivity contribution in [3.05, 3.63) is 107 Å². The van der Waals surface area contributed by atoms with Gasteiger partial charge in [0.25, 0.3) is 0 Å². The summed E-state index contributed by atoms with van der Waals surface area (Å²) in [5.74, 6) is 1.02. The third-order valence-corrected chi connectivity index (χ3v) is 6.00. The third kappa shape index (κ3) is 5.46. The maximum absolute atomic E-state index is 13.0. The minimum absolute atomic E-state index is 0.0710. The number of fused-ring (bicyclic) bond motifs is 1. The lowest BCUT2D eigenvalue weighted by molar-refractivity contribution is 0.101. The van der Waals surface area contributed by atoms with Gasteiger partial charge in [0.05, 0.1) is 11.8 Å². The van der Waals surface area contributed by atoms with E-state index in [4.69, 9.17) is 9.47 Å². The second-order valence-electron chi connectivity index (χ2n) is 8.37. The number of unbranched alkanes of at least 4 members (excludes halogenated alkanes) is 1. The van der Waals surface area contributed by atoms with E-state index in [0.717, 1.165) is 42.2 Å². The first kappa shape index (κ1) is 22.7. The van der Waals surface area contributed by atoms with E-state index in [2.05, 4.69) is 19.1 Å². The van der Waals surface area contributed by atoms with Crippen molar-refractivity contribution in [2.45, 2.75) is 51.7 Å². The summed E-state index contributed by atoms with van der Waals surface area (Å²) in [6.45, 7) is 2.52. The number of ketones is 1. The van der Waals surface area contributed by atoms with Crippen LogP contribution in [0.4, 0.5) is 0 Å². The van der Waals surface area contributed by atoms with Crippen LogP contribution in [-0.4, -0.2) is 10.9 Å². The molecule has 0 saturated carbocycles. The van der Waals surface area contributed by atoms with Crippen LogP contribution in [-0.2, 0) is 13.0 Å². The molecule has 4 heteroatoms. The average Bonchev–Trinajstić information content (AvgIpc) is 2.86. The van der Waals surface area contributed by atoms with E-state index in [0.29, 0.717) is 42.1 Å². The van der Waals surface area contributed by atoms with Gasteiger partial charge in [0.1, 0.15) is 24.2 Å². The number of rotatable bonds is 9. The monoisotopic (exact) mass is 442 g/mol. The van der Waals surface area contributed by atoms with Gasteiger partial charge in [0.2, 0.25) is 0 Å². The number of Topliss-reactive ketones (excluding diaryl/α,β-unsaturated/α-hetero) is 1.